The molecule has 2 aromatic heterocycles. The fourth-order valence-electron chi connectivity index (χ4n) is 1.31. The van der Waals surface area contributed by atoms with Crippen molar-refractivity contribution in [1.29, 1.82) is 0 Å². The molecule has 0 atom stereocenters. The summed E-state index contributed by atoms with van der Waals surface area (Å²) in [6.45, 7) is 1.87. The number of hydrogen-bond acceptors (Lipinski definition) is 3. The number of rotatable bonds is 1. The van der Waals surface area contributed by atoms with Gasteiger partial charge in [0.05, 0.1) is 23.7 Å². The van der Waals surface area contributed by atoms with Gasteiger partial charge in [-0.2, -0.15) is 0 Å². The Hall–Kier alpha value is -1.29. The minimum Gasteiger partial charge on any atom is -0.479 e. The lowest BCUT2D eigenvalue weighted by atomic mass is 10.2. The Morgan fingerprint density at radius 2 is 2.31 bits per heavy atom. The summed E-state index contributed by atoms with van der Waals surface area (Å²) in [5.41, 5.74) is 1.66. The molecule has 0 saturated heterocycles. The van der Waals surface area contributed by atoms with Crippen molar-refractivity contribution >= 4 is 22.5 Å². The number of ether oxygens (including phenoxy) is 1. The van der Waals surface area contributed by atoms with Gasteiger partial charge in [0.15, 0.2) is 0 Å². The number of aromatic nitrogens is 3. The second kappa shape index (κ2) is 2.88. The molecular weight excluding hydrogens is 190 g/mol. The van der Waals surface area contributed by atoms with Crippen molar-refractivity contribution in [3.8, 4) is 5.88 Å². The smallest absolute Gasteiger partial charge is 0.242 e. The predicted molar refractivity (Wildman–Crippen MR) is 50.2 cm³/mol. The van der Waals surface area contributed by atoms with E-state index in [1.54, 1.807) is 13.2 Å². The Labute approximate surface area is 79.9 Å². The third-order valence-electron chi connectivity index (χ3n) is 1.85. The number of H-pyrrole nitrogens is 1. The standard InChI is InChI=1S/C8H8ClN3O/c1-4-7-5(3-6(9)10-4)11-12-8(7)13-2/h3H,1-2H3,(H,11,12). The molecule has 0 saturated carbocycles. The zero-order chi connectivity index (χ0) is 9.42. The van der Waals surface area contributed by atoms with Gasteiger partial charge in [0.2, 0.25) is 5.88 Å². The van der Waals surface area contributed by atoms with E-state index in [0.29, 0.717) is 11.0 Å². The molecule has 0 aliphatic carbocycles. The summed E-state index contributed by atoms with van der Waals surface area (Å²) in [5, 5.41) is 8.13. The van der Waals surface area contributed by atoms with Crippen molar-refractivity contribution in [2.24, 2.45) is 0 Å². The first-order valence-electron chi connectivity index (χ1n) is 3.77. The molecule has 0 unspecified atom stereocenters. The van der Waals surface area contributed by atoms with Crippen LogP contribution in [0.25, 0.3) is 10.9 Å². The molecule has 0 aliphatic rings. The molecule has 0 amide bonds. The zero-order valence-electron chi connectivity index (χ0n) is 7.26. The molecule has 2 heterocycles. The molecular formula is C8H8ClN3O. The van der Waals surface area contributed by atoms with Crippen LogP contribution in [0.3, 0.4) is 0 Å². The number of fused-ring (bicyclic) bond motifs is 1. The third kappa shape index (κ3) is 1.23. The van der Waals surface area contributed by atoms with Gasteiger partial charge >= 0.3 is 0 Å². The van der Waals surface area contributed by atoms with E-state index >= 15 is 0 Å². The normalized spacial score (nSPS) is 10.7. The van der Waals surface area contributed by atoms with Crippen LogP contribution >= 0.6 is 11.6 Å². The lowest BCUT2D eigenvalue weighted by Crippen LogP contribution is -1.86. The van der Waals surface area contributed by atoms with Crippen LogP contribution in [0.4, 0.5) is 0 Å². The predicted octanol–water partition coefficient (Wildman–Crippen LogP) is 1.93. The largest absolute Gasteiger partial charge is 0.479 e. The zero-order valence-corrected chi connectivity index (χ0v) is 8.01. The second-order valence-electron chi connectivity index (χ2n) is 2.69. The summed E-state index contributed by atoms with van der Waals surface area (Å²) in [7, 11) is 1.57. The maximum absolute atomic E-state index is 5.78. The molecule has 0 aliphatic heterocycles. The highest BCUT2D eigenvalue weighted by Crippen LogP contribution is 2.26. The second-order valence-corrected chi connectivity index (χ2v) is 3.07. The number of hydrogen-bond donors (Lipinski definition) is 1. The van der Waals surface area contributed by atoms with Crippen LogP contribution in [-0.4, -0.2) is 22.3 Å². The van der Waals surface area contributed by atoms with E-state index in [1.807, 2.05) is 6.92 Å². The Morgan fingerprint density at radius 1 is 1.54 bits per heavy atom. The Kier molecular flexibility index (Phi) is 1.84. The molecule has 0 fully saturated rings. The average molecular weight is 198 g/mol. The summed E-state index contributed by atoms with van der Waals surface area (Å²) in [6.07, 6.45) is 0. The van der Waals surface area contributed by atoms with Gasteiger partial charge in [-0.1, -0.05) is 11.6 Å². The first kappa shape index (κ1) is 8.31. The van der Waals surface area contributed by atoms with Gasteiger partial charge in [-0.15, -0.1) is 5.10 Å². The minimum absolute atomic E-state index is 0.455. The van der Waals surface area contributed by atoms with Crippen LogP contribution in [0, 0.1) is 6.92 Å². The van der Waals surface area contributed by atoms with Crippen molar-refractivity contribution < 1.29 is 4.74 Å². The SMILES string of the molecule is COc1n[nH]c2cc(Cl)nc(C)c12. The summed E-state index contributed by atoms with van der Waals surface area (Å²) in [4.78, 5) is 4.11. The van der Waals surface area contributed by atoms with Gasteiger partial charge in [0.25, 0.3) is 0 Å². The molecule has 0 aromatic carbocycles. The fraction of sp³-hybridized carbons (Fsp3) is 0.250. The number of methoxy groups -OCH3 is 1. The van der Waals surface area contributed by atoms with Crippen molar-refractivity contribution in [3.63, 3.8) is 0 Å². The molecule has 68 valence electrons. The number of aryl methyl sites for hydroxylation is 1. The van der Waals surface area contributed by atoms with Crippen molar-refractivity contribution in [2.45, 2.75) is 6.92 Å². The monoisotopic (exact) mass is 197 g/mol. The highest BCUT2D eigenvalue weighted by Gasteiger charge is 2.10. The molecule has 13 heavy (non-hydrogen) atoms. The average Bonchev–Trinajstić information content (AvgIpc) is 2.47. The van der Waals surface area contributed by atoms with Gasteiger partial charge < -0.3 is 4.74 Å². The van der Waals surface area contributed by atoms with E-state index in [0.717, 1.165) is 16.6 Å². The van der Waals surface area contributed by atoms with Gasteiger partial charge in [0.1, 0.15) is 5.15 Å². The van der Waals surface area contributed by atoms with Crippen LogP contribution < -0.4 is 4.74 Å². The van der Waals surface area contributed by atoms with Crippen molar-refractivity contribution in [3.05, 3.63) is 16.9 Å². The van der Waals surface area contributed by atoms with Crippen LogP contribution in [0.15, 0.2) is 6.07 Å². The summed E-state index contributed by atoms with van der Waals surface area (Å²) in [5.74, 6) is 0.552. The number of nitrogens with one attached hydrogen (secondary N) is 1. The van der Waals surface area contributed by atoms with E-state index in [2.05, 4.69) is 15.2 Å². The van der Waals surface area contributed by atoms with Crippen molar-refractivity contribution in [1.82, 2.24) is 15.2 Å². The molecule has 0 radical (unpaired) electrons. The molecule has 5 heteroatoms. The molecule has 4 nitrogen and oxygen atoms in total. The van der Waals surface area contributed by atoms with Gasteiger partial charge in [-0.25, -0.2) is 4.98 Å². The third-order valence-corrected chi connectivity index (χ3v) is 2.05. The summed E-state index contributed by atoms with van der Waals surface area (Å²) in [6, 6.07) is 1.72. The topological polar surface area (TPSA) is 50.8 Å². The Bertz CT molecular complexity index is 452. The van der Waals surface area contributed by atoms with Crippen LogP contribution in [0.1, 0.15) is 5.69 Å². The molecule has 0 spiro atoms. The van der Waals surface area contributed by atoms with Crippen LogP contribution in [-0.2, 0) is 0 Å². The number of aromatic amines is 1. The van der Waals surface area contributed by atoms with Crippen molar-refractivity contribution in [2.75, 3.05) is 7.11 Å². The molecule has 1 N–H and O–H groups in total. The Balaban J connectivity index is 2.82. The van der Waals surface area contributed by atoms with Gasteiger partial charge in [-0.05, 0) is 6.92 Å². The maximum atomic E-state index is 5.78. The maximum Gasteiger partial charge on any atom is 0.242 e. The lowest BCUT2D eigenvalue weighted by molar-refractivity contribution is 0.401. The minimum atomic E-state index is 0.455. The highest BCUT2D eigenvalue weighted by atomic mass is 35.5. The molecule has 2 aromatic rings. The number of halogens is 1. The first-order chi connectivity index (χ1) is 6.22. The lowest BCUT2D eigenvalue weighted by Gasteiger charge is -1.98. The quantitative estimate of drug-likeness (QED) is 0.711. The number of nitrogens with zero attached hydrogens (tertiary/aromatic N) is 2. The van der Waals surface area contributed by atoms with Crippen LogP contribution in [0.5, 0.6) is 5.88 Å². The van der Waals surface area contributed by atoms with E-state index in [1.165, 1.54) is 0 Å². The van der Waals surface area contributed by atoms with Gasteiger partial charge in [-0.3, -0.25) is 5.10 Å². The molecule has 2 rings (SSSR count). The van der Waals surface area contributed by atoms with Gasteiger partial charge in [0, 0.05) is 6.07 Å². The first-order valence-corrected chi connectivity index (χ1v) is 4.15. The summed E-state index contributed by atoms with van der Waals surface area (Å²) < 4.78 is 5.06. The summed E-state index contributed by atoms with van der Waals surface area (Å²) >= 11 is 5.78. The number of pyridine rings is 1. The van der Waals surface area contributed by atoms with E-state index in [-0.39, 0.29) is 0 Å². The highest BCUT2D eigenvalue weighted by molar-refractivity contribution is 6.30. The fourth-order valence-corrected chi connectivity index (χ4v) is 1.54. The van der Waals surface area contributed by atoms with E-state index in [4.69, 9.17) is 16.3 Å². The van der Waals surface area contributed by atoms with Crippen LogP contribution in [0.2, 0.25) is 5.15 Å². The molecule has 0 bridgehead atoms. The van der Waals surface area contributed by atoms with E-state index < -0.39 is 0 Å². The Morgan fingerprint density at radius 3 is 3.00 bits per heavy atom. The van der Waals surface area contributed by atoms with E-state index in [9.17, 15) is 0 Å².